The molecule has 0 radical (unpaired) electrons. The van der Waals surface area contributed by atoms with Gasteiger partial charge in [-0.25, -0.2) is 0 Å². The van der Waals surface area contributed by atoms with Crippen LogP contribution in [0.2, 0.25) is 0 Å². The van der Waals surface area contributed by atoms with Gasteiger partial charge in [0.25, 0.3) is 0 Å². The Labute approximate surface area is 94.0 Å². The van der Waals surface area contributed by atoms with Crippen LogP contribution in [-0.2, 0) is 0 Å². The lowest BCUT2D eigenvalue weighted by Gasteiger charge is -2.50. The van der Waals surface area contributed by atoms with Crippen LogP contribution in [0.4, 0.5) is 0 Å². The van der Waals surface area contributed by atoms with Gasteiger partial charge in [-0.05, 0) is 43.6 Å². The molecule has 1 unspecified atom stereocenters. The molecule has 0 bridgehead atoms. The van der Waals surface area contributed by atoms with Crippen LogP contribution in [0.5, 0.6) is 0 Å². The van der Waals surface area contributed by atoms with Crippen LogP contribution in [0, 0.1) is 11.3 Å². The third-order valence-corrected chi connectivity index (χ3v) is 4.73. The van der Waals surface area contributed by atoms with E-state index >= 15 is 0 Å². The summed E-state index contributed by atoms with van der Waals surface area (Å²) in [5.74, 6) is 0.950. The zero-order valence-corrected chi connectivity index (χ0v) is 10.3. The summed E-state index contributed by atoms with van der Waals surface area (Å²) in [6, 6.07) is 0. The second-order valence-electron chi connectivity index (χ2n) is 6.20. The molecule has 0 spiro atoms. The molecule has 0 aromatic heterocycles. The predicted octanol–water partition coefficient (Wildman–Crippen LogP) is 2.28. The molecule has 0 amide bonds. The standard InChI is InChI=1S/C13H26N2/c1-12(2)7-3-4-8-13(12,10-14)15-9-11-5-6-11/h11,15H,3-10,14H2,1-2H3. The van der Waals surface area contributed by atoms with Crippen LogP contribution in [0.25, 0.3) is 0 Å². The lowest BCUT2D eigenvalue weighted by atomic mass is 9.63. The van der Waals surface area contributed by atoms with Gasteiger partial charge in [0.2, 0.25) is 0 Å². The molecule has 0 aromatic carbocycles. The fraction of sp³-hybridized carbons (Fsp3) is 1.00. The molecule has 2 rings (SSSR count). The molecule has 15 heavy (non-hydrogen) atoms. The molecule has 2 fully saturated rings. The number of nitrogens with two attached hydrogens (primary N) is 1. The minimum atomic E-state index is 0.216. The Balaban J connectivity index is 2.01. The molecule has 0 aromatic rings. The minimum Gasteiger partial charge on any atom is -0.329 e. The van der Waals surface area contributed by atoms with Crippen molar-refractivity contribution in [2.75, 3.05) is 13.1 Å². The van der Waals surface area contributed by atoms with Gasteiger partial charge in [-0.3, -0.25) is 0 Å². The van der Waals surface area contributed by atoms with Crippen LogP contribution in [0.15, 0.2) is 0 Å². The van der Waals surface area contributed by atoms with E-state index < -0.39 is 0 Å². The van der Waals surface area contributed by atoms with E-state index in [0.29, 0.717) is 5.41 Å². The fourth-order valence-corrected chi connectivity index (χ4v) is 3.01. The van der Waals surface area contributed by atoms with E-state index in [1.165, 1.54) is 45.1 Å². The Morgan fingerprint density at radius 3 is 2.40 bits per heavy atom. The van der Waals surface area contributed by atoms with Crippen molar-refractivity contribution in [3.63, 3.8) is 0 Å². The third kappa shape index (κ3) is 2.21. The van der Waals surface area contributed by atoms with Crippen molar-refractivity contribution in [2.45, 2.75) is 57.9 Å². The Hall–Kier alpha value is -0.0800. The average molecular weight is 210 g/mol. The monoisotopic (exact) mass is 210 g/mol. The summed E-state index contributed by atoms with van der Waals surface area (Å²) in [5.41, 5.74) is 6.64. The van der Waals surface area contributed by atoms with Crippen molar-refractivity contribution in [1.29, 1.82) is 0 Å². The Kier molecular flexibility index (Phi) is 3.09. The number of hydrogen-bond acceptors (Lipinski definition) is 2. The largest absolute Gasteiger partial charge is 0.329 e. The molecule has 0 saturated heterocycles. The topological polar surface area (TPSA) is 38.0 Å². The van der Waals surface area contributed by atoms with Crippen molar-refractivity contribution in [2.24, 2.45) is 17.1 Å². The van der Waals surface area contributed by atoms with Crippen LogP contribution in [0.3, 0.4) is 0 Å². The lowest BCUT2D eigenvalue weighted by molar-refractivity contribution is 0.0681. The van der Waals surface area contributed by atoms with Gasteiger partial charge in [0.1, 0.15) is 0 Å². The van der Waals surface area contributed by atoms with E-state index in [2.05, 4.69) is 19.2 Å². The molecular formula is C13H26N2. The van der Waals surface area contributed by atoms with E-state index in [1.807, 2.05) is 0 Å². The zero-order valence-electron chi connectivity index (χ0n) is 10.3. The van der Waals surface area contributed by atoms with E-state index in [-0.39, 0.29) is 5.54 Å². The second-order valence-corrected chi connectivity index (χ2v) is 6.20. The maximum Gasteiger partial charge on any atom is 0.0355 e. The van der Waals surface area contributed by atoms with Crippen LogP contribution in [0.1, 0.15) is 52.4 Å². The molecule has 3 N–H and O–H groups in total. The zero-order chi connectivity index (χ0) is 10.9. The number of nitrogens with one attached hydrogen (secondary N) is 1. The molecule has 2 aliphatic rings. The fourth-order valence-electron chi connectivity index (χ4n) is 3.01. The highest BCUT2D eigenvalue weighted by atomic mass is 15.0. The van der Waals surface area contributed by atoms with Crippen molar-refractivity contribution in [3.8, 4) is 0 Å². The van der Waals surface area contributed by atoms with E-state index in [0.717, 1.165) is 12.5 Å². The molecule has 0 heterocycles. The lowest BCUT2D eigenvalue weighted by Crippen LogP contribution is -2.62. The van der Waals surface area contributed by atoms with Gasteiger partial charge < -0.3 is 11.1 Å². The van der Waals surface area contributed by atoms with Crippen molar-refractivity contribution >= 4 is 0 Å². The van der Waals surface area contributed by atoms with Gasteiger partial charge in [0, 0.05) is 12.1 Å². The first kappa shape index (κ1) is 11.4. The number of rotatable bonds is 4. The molecule has 0 aliphatic heterocycles. The molecule has 2 aliphatic carbocycles. The number of hydrogen-bond donors (Lipinski definition) is 2. The van der Waals surface area contributed by atoms with Crippen molar-refractivity contribution in [3.05, 3.63) is 0 Å². The maximum absolute atomic E-state index is 6.06. The van der Waals surface area contributed by atoms with Gasteiger partial charge in [-0.2, -0.15) is 0 Å². The average Bonchev–Trinajstić information content (AvgIpc) is 3.00. The van der Waals surface area contributed by atoms with Gasteiger partial charge in [0.05, 0.1) is 0 Å². The maximum atomic E-state index is 6.06. The van der Waals surface area contributed by atoms with Crippen LogP contribution < -0.4 is 11.1 Å². The summed E-state index contributed by atoms with van der Waals surface area (Å²) < 4.78 is 0. The second kappa shape index (κ2) is 4.06. The van der Waals surface area contributed by atoms with Gasteiger partial charge >= 0.3 is 0 Å². The predicted molar refractivity (Wildman–Crippen MR) is 64.8 cm³/mol. The molecule has 88 valence electrons. The molecule has 2 nitrogen and oxygen atoms in total. The Morgan fingerprint density at radius 2 is 1.87 bits per heavy atom. The molecule has 2 heteroatoms. The van der Waals surface area contributed by atoms with Crippen molar-refractivity contribution < 1.29 is 0 Å². The van der Waals surface area contributed by atoms with Gasteiger partial charge in [-0.15, -0.1) is 0 Å². The van der Waals surface area contributed by atoms with E-state index in [9.17, 15) is 0 Å². The summed E-state index contributed by atoms with van der Waals surface area (Å²) in [7, 11) is 0. The Morgan fingerprint density at radius 1 is 1.20 bits per heavy atom. The summed E-state index contributed by atoms with van der Waals surface area (Å²) in [6.07, 6.45) is 8.16. The van der Waals surface area contributed by atoms with Gasteiger partial charge in [0.15, 0.2) is 0 Å². The minimum absolute atomic E-state index is 0.216. The smallest absolute Gasteiger partial charge is 0.0355 e. The van der Waals surface area contributed by atoms with E-state index in [1.54, 1.807) is 0 Å². The first-order valence-corrected chi connectivity index (χ1v) is 6.55. The summed E-state index contributed by atoms with van der Waals surface area (Å²) >= 11 is 0. The SMILES string of the molecule is CC1(C)CCCCC1(CN)NCC1CC1. The highest BCUT2D eigenvalue weighted by Gasteiger charge is 2.45. The van der Waals surface area contributed by atoms with Gasteiger partial charge in [-0.1, -0.05) is 26.7 Å². The third-order valence-electron chi connectivity index (χ3n) is 4.73. The highest BCUT2D eigenvalue weighted by molar-refractivity contribution is 5.04. The normalized spacial score (nSPS) is 35.4. The highest BCUT2D eigenvalue weighted by Crippen LogP contribution is 2.43. The quantitative estimate of drug-likeness (QED) is 0.747. The van der Waals surface area contributed by atoms with Crippen molar-refractivity contribution in [1.82, 2.24) is 5.32 Å². The first-order valence-electron chi connectivity index (χ1n) is 6.55. The summed E-state index contributed by atoms with van der Waals surface area (Å²) in [5, 5.41) is 3.81. The first-order chi connectivity index (χ1) is 7.10. The molecular weight excluding hydrogens is 184 g/mol. The van der Waals surface area contributed by atoms with Crippen LogP contribution in [-0.4, -0.2) is 18.6 Å². The molecule has 2 saturated carbocycles. The summed E-state index contributed by atoms with van der Waals surface area (Å²) in [6.45, 7) is 6.77. The van der Waals surface area contributed by atoms with Crippen LogP contribution >= 0.6 is 0 Å². The van der Waals surface area contributed by atoms with E-state index in [4.69, 9.17) is 5.73 Å². The summed E-state index contributed by atoms with van der Waals surface area (Å²) in [4.78, 5) is 0. The molecule has 1 atom stereocenters. The Bertz CT molecular complexity index is 221.